The molecule has 0 radical (unpaired) electrons. The fraction of sp³-hybridized carbons (Fsp3) is 0.429. The molecular weight excluding hydrogens is 357 g/mol. The summed E-state index contributed by atoms with van der Waals surface area (Å²) in [7, 11) is 4.78. The van der Waals surface area contributed by atoms with E-state index >= 15 is 0 Å². The Morgan fingerprint density at radius 1 is 1.17 bits per heavy atom. The van der Waals surface area contributed by atoms with E-state index in [1.54, 1.807) is 0 Å². The van der Waals surface area contributed by atoms with Gasteiger partial charge in [-0.05, 0) is 26.1 Å². The fourth-order valence-corrected chi connectivity index (χ4v) is 2.16. The van der Waals surface area contributed by atoms with Crippen LogP contribution in [0.4, 0.5) is 0 Å². The number of nitrogens with one attached hydrogen (secondary N) is 2. The molecule has 10 heteroatoms. The minimum absolute atomic E-state index is 0. The topological polar surface area (TPSA) is 98.0 Å². The number of hydrogen-bond donors (Lipinski definition) is 2. The van der Waals surface area contributed by atoms with Crippen LogP contribution >= 0.6 is 24.8 Å². The van der Waals surface area contributed by atoms with Gasteiger partial charge in [-0.1, -0.05) is 0 Å². The summed E-state index contributed by atoms with van der Waals surface area (Å²) in [6.45, 7) is 1.34. The predicted molar refractivity (Wildman–Crippen MR) is 97.6 cm³/mol. The molecule has 8 nitrogen and oxygen atoms in total. The van der Waals surface area contributed by atoms with Crippen molar-refractivity contribution < 1.29 is 4.79 Å². The van der Waals surface area contributed by atoms with Crippen LogP contribution in [0.5, 0.6) is 0 Å². The Morgan fingerprint density at radius 3 is 2.46 bits per heavy atom. The van der Waals surface area contributed by atoms with Crippen molar-refractivity contribution in [2.75, 3.05) is 20.1 Å². The summed E-state index contributed by atoms with van der Waals surface area (Å²) in [6, 6.07) is 1.47. The molecule has 0 aromatic carbocycles. The van der Waals surface area contributed by atoms with Crippen LogP contribution in [0.3, 0.4) is 0 Å². The average Bonchev–Trinajstić information content (AvgIpc) is 2.54. The first-order chi connectivity index (χ1) is 10.5. The molecule has 1 amide bonds. The number of rotatable bonds is 5. The van der Waals surface area contributed by atoms with Gasteiger partial charge in [0.05, 0.1) is 10.9 Å². The van der Waals surface area contributed by atoms with Crippen LogP contribution in [-0.2, 0) is 14.1 Å². The van der Waals surface area contributed by atoms with E-state index in [9.17, 15) is 14.4 Å². The van der Waals surface area contributed by atoms with E-state index in [1.165, 1.54) is 30.9 Å². The molecule has 24 heavy (non-hydrogen) atoms. The van der Waals surface area contributed by atoms with Gasteiger partial charge in [0.2, 0.25) is 0 Å². The van der Waals surface area contributed by atoms with Crippen LogP contribution in [0.2, 0.25) is 0 Å². The lowest BCUT2D eigenvalue weighted by Gasteiger charge is -2.08. The first-order valence-corrected chi connectivity index (χ1v) is 6.96. The lowest BCUT2D eigenvalue weighted by atomic mass is 10.2. The van der Waals surface area contributed by atoms with E-state index in [-0.39, 0.29) is 41.8 Å². The molecule has 134 valence electrons. The first kappa shape index (κ1) is 22.1. The minimum Gasteiger partial charge on any atom is -0.352 e. The van der Waals surface area contributed by atoms with E-state index in [0.717, 1.165) is 17.5 Å². The van der Waals surface area contributed by atoms with Crippen molar-refractivity contribution >= 4 is 41.8 Å². The number of amides is 1. The third-order valence-corrected chi connectivity index (χ3v) is 3.44. The van der Waals surface area contributed by atoms with Gasteiger partial charge in [0.25, 0.3) is 11.5 Å². The van der Waals surface area contributed by atoms with Crippen LogP contribution in [0.25, 0.3) is 11.0 Å². The van der Waals surface area contributed by atoms with E-state index in [4.69, 9.17) is 0 Å². The molecule has 0 aliphatic carbocycles. The highest BCUT2D eigenvalue weighted by Crippen LogP contribution is 2.07. The second-order valence-corrected chi connectivity index (χ2v) is 5.01. The lowest BCUT2D eigenvalue weighted by molar-refractivity contribution is 0.0953. The number of fused-ring (bicyclic) bond motifs is 1. The number of halogens is 2. The van der Waals surface area contributed by atoms with Crippen LogP contribution in [0, 0.1) is 0 Å². The Balaban J connectivity index is 0.00000264. The molecule has 0 unspecified atom stereocenters. The highest BCUT2D eigenvalue weighted by molar-refractivity contribution is 5.96. The smallest absolute Gasteiger partial charge is 0.332 e. The van der Waals surface area contributed by atoms with Gasteiger partial charge in [0, 0.05) is 26.8 Å². The van der Waals surface area contributed by atoms with Gasteiger partial charge in [-0.3, -0.25) is 18.7 Å². The molecule has 2 aromatic heterocycles. The van der Waals surface area contributed by atoms with E-state index in [1.807, 2.05) is 7.05 Å². The Bertz CT molecular complexity index is 831. The SMILES string of the molecule is CNCCCNC(=O)c1cnc2c(c1)c(=O)n(C)c(=O)n2C.Cl.Cl. The fourth-order valence-electron chi connectivity index (χ4n) is 2.16. The summed E-state index contributed by atoms with van der Waals surface area (Å²) in [5.74, 6) is -0.290. The van der Waals surface area contributed by atoms with Crippen molar-refractivity contribution in [2.24, 2.45) is 14.1 Å². The quantitative estimate of drug-likeness (QED) is 0.704. The van der Waals surface area contributed by atoms with Gasteiger partial charge in [0.15, 0.2) is 0 Å². The number of aryl methyl sites for hydroxylation is 1. The van der Waals surface area contributed by atoms with Crippen molar-refractivity contribution in [3.8, 4) is 0 Å². The second kappa shape index (κ2) is 9.41. The molecular formula is C14H21Cl2N5O3. The van der Waals surface area contributed by atoms with Crippen molar-refractivity contribution in [1.82, 2.24) is 24.8 Å². The number of pyridine rings is 1. The molecule has 0 aliphatic rings. The maximum Gasteiger partial charge on any atom is 0.332 e. The summed E-state index contributed by atoms with van der Waals surface area (Å²) in [4.78, 5) is 40.1. The summed E-state index contributed by atoms with van der Waals surface area (Å²) < 4.78 is 2.28. The van der Waals surface area contributed by atoms with E-state index < -0.39 is 11.2 Å². The summed E-state index contributed by atoms with van der Waals surface area (Å²) in [5, 5.41) is 6.00. The van der Waals surface area contributed by atoms with E-state index in [2.05, 4.69) is 15.6 Å². The largest absolute Gasteiger partial charge is 0.352 e. The normalized spacial score (nSPS) is 9.96. The van der Waals surface area contributed by atoms with Crippen LogP contribution < -0.4 is 21.9 Å². The second-order valence-electron chi connectivity index (χ2n) is 5.01. The lowest BCUT2D eigenvalue weighted by Crippen LogP contribution is -2.37. The Kier molecular flexibility index (Phi) is 8.66. The summed E-state index contributed by atoms with van der Waals surface area (Å²) in [6.07, 6.45) is 2.17. The molecule has 0 atom stereocenters. The Labute approximate surface area is 151 Å². The highest BCUT2D eigenvalue weighted by atomic mass is 35.5. The van der Waals surface area contributed by atoms with Crippen molar-refractivity contribution in [2.45, 2.75) is 6.42 Å². The number of nitrogens with zero attached hydrogens (tertiary/aromatic N) is 3. The predicted octanol–water partition coefficient (Wildman–Crippen LogP) is -0.185. The Morgan fingerprint density at radius 2 is 1.83 bits per heavy atom. The number of hydrogen-bond acceptors (Lipinski definition) is 5. The number of carbonyl (C=O) groups excluding carboxylic acids is 1. The van der Waals surface area contributed by atoms with Crippen molar-refractivity contribution in [1.29, 1.82) is 0 Å². The first-order valence-electron chi connectivity index (χ1n) is 6.96. The van der Waals surface area contributed by atoms with Crippen molar-refractivity contribution in [3.05, 3.63) is 38.7 Å². The zero-order chi connectivity index (χ0) is 16.3. The molecule has 0 spiro atoms. The van der Waals surface area contributed by atoms with Crippen LogP contribution in [0.15, 0.2) is 21.9 Å². The van der Waals surface area contributed by atoms with E-state index in [0.29, 0.717) is 12.1 Å². The third kappa shape index (κ3) is 4.34. The molecule has 0 bridgehead atoms. The summed E-state index contributed by atoms with van der Waals surface area (Å²) >= 11 is 0. The standard InChI is InChI=1S/C14H19N5O3.2ClH/c1-15-5-4-6-16-12(20)9-7-10-11(17-8-9)18(2)14(22)19(3)13(10)21;;/h7-8,15H,4-6H2,1-3H3,(H,16,20);2*1H. The maximum absolute atomic E-state index is 12.1. The highest BCUT2D eigenvalue weighted by Gasteiger charge is 2.13. The average molecular weight is 378 g/mol. The van der Waals surface area contributed by atoms with Crippen LogP contribution in [-0.4, -0.2) is 40.2 Å². The van der Waals surface area contributed by atoms with Gasteiger partial charge in [0.1, 0.15) is 5.65 Å². The molecule has 0 fully saturated rings. The maximum atomic E-state index is 12.1. The number of aromatic nitrogens is 3. The molecule has 2 N–H and O–H groups in total. The molecule has 0 saturated heterocycles. The van der Waals surface area contributed by atoms with Gasteiger partial charge in [-0.2, -0.15) is 0 Å². The molecule has 0 saturated carbocycles. The number of carbonyl (C=O) groups is 1. The zero-order valence-corrected chi connectivity index (χ0v) is 15.3. The van der Waals surface area contributed by atoms with Gasteiger partial charge in [-0.15, -0.1) is 24.8 Å². The Hall–Kier alpha value is -1.90. The minimum atomic E-state index is -0.463. The summed E-state index contributed by atoms with van der Waals surface area (Å²) in [5.41, 5.74) is -0.350. The third-order valence-electron chi connectivity index (χ3n) is 3.44. The molecule has 2 rings (SSSR count). The molecule has 0 aliphatic heterocycles. The van der Waals surface area contributed by atoms with Gasteiger partial charge in [-0.25, -0.2) is 9.78 Å². The zero-order valence-electron chi connectivity index (χ0n) is 13.7. The molecule has 2 aromatic rings. The van der Waals surface area contributed by atoms with Gasteiger partial charge >= 0.3 is 5.69 Å². The monoisotopic (exact) mass is 377 g/mol. The van der Waals surface area contributed by atoms with Gasteiger partial charge < -0.3 is 10.6 Å². The molecule has 2 heterocycles. The van der Waals surface area contributed by atoms with Crippen LogP contribution in [0.1, 0.15) is 16.8 Å². The van der Waals surface area contributed by atoms with Crippen molar-refractivity contribution in [3.63, 3.8) is 0 Å².